The fraction of sp³-hybridized carbons (Fsp3) is 0.462. The number of benzene rings is 1. The smallest absolute Gasteiger partial charge is 0.313 e. The van der Waals surface area contributed by atoms with Crippen LogP contribution < -0.4 is 0 Å². The minimum Gasteiger partial charge on any atom is -0.481 e. The van der Waals surface area contributed by atoms with Crippen LogP contribution in [0.1, 0.15) is 31.9 Å². The summed E-state index contributed by atoms with van der Waals surface area (Å²) >= 11 is 1.84. The van der Waals surface area contributed by atoms with Gasteiger partial charge in [-0.3, -0.25) is 4.79 Å². The number of rotatable bonds is 2. The predicted molar refractivity (Wildman–Crippen MR) is 66.1 cm³/mol. The molecule has 2 nitrogen and oxygen atoms in total. The van der Waals surface area contributed by atoms with Gasteiger partial charge in [0.25, 0.3) is 0 Å². The monoisotopic (exact) mass is 236 g/mol. The van der Waals surface area contributed by atoms with Gasteiger partial charge >= 0.3 is 5.97 Å². The molecule has 0 aromatic heterocycles. The van der Waals surface area contributed by atoms with Crippen molar-refractivity contribution in [2.24, 2.45) is 0 Å². The first-order valence-corrected chi connectivity index (χ1v) is 6.33. The van der Waals surface area contributed by atoms with Gasteiger partial charge in [0.15, 0.2) is 0 Å². The lowest BCUT2D eigenvalue weighted by atomic mass is 9.81. The molecule has 0 fully saturated rings. The number of hydrogen-bond acceptors (Lipinski definition) is 2. The molecule has 2 rings (SSSR count). The van der Waals surface area contributed by atoms with Gasteiger partial charge in [-0.15, -0.1) is 11.8 Å². The van der Waals surface area contributed by atoms with E-state index in [1.807, 2.05) is 23.9 Å². The van der Waals surface area contributed by atoms with E-state index in [2.05, 4.69) is 13.0 Å². The number of hydrogen-bond donors (Lipinski definition) is 1. The molecule has 3 heteroatoms. The van der Waals surface area contributed by atoms with Crippen molar-refractivity contribution in [2.45, 2.75) is 42.8 Å². The van der Waals surface area contributed by atoms with Gasteiger partial charge in [-0.2, -0.15) is 0 Å². The number of fused-ring (bicyclic) bond motifs is 1. The van der Waals surface area contributed by atoms with E-state index in [4.69, 9.17) is 0 Å². The highest BCUT2D eigenvalue weighted by Gasteiger charge is 2.34. The highest BCUT2D eigenvalue weighted by molar-refractivity contribution is 8.00. The zero-order chi connectivity index (χ0) is 11.9. The largest absolute Gasteiger partial charge is 0.481 e. The van der Waals surface area contributed by atoms with Crippen molar-refractivity contribution in [1.82, 2.24) is 0 Å². The zero-order valence-corrected chi connectivity index (χ0v) is 10.6. The molecule has 1 aromatic carbocycles. The van der Waals surface area contributed by atoms with Crippen LogP contribution in [0.2, 0.25) is 0 Å². The summed E-state index contributed by atoms with van der Waals surface area (Å²) in [5, 5.41) is 9.84. The van der Waals surface area contributed by atoms with Crippen LogP contribution >= 0.6 is 11.8 Å². The summed E-state index contributed by atoms with van der Waals surface area (Å²) in [4.78, 5) is 12.5. The SMILES string of the molecule is CC1Cc2c(cccc2C(C)(C)C(=O)O)S1. The molecule has 1 atom stereocenters. The molecule has 0 spiro atoms. The minimum atomic E-state index is -0.796. The molecule has 0 radical (unpaired) electrons. The zero-order valence-electron chi connectivity index (χ0n) is 9.78. The fourth-order valence-electron chi connectivity index (χ4n) is 2.13. The first-order chi connectivity index (χ1) is 7.43. The van der Waals surface area contributed by atoms with E-state index < -0.39 is 11.4 Å². The highest BCUT2D eigenvalue weighted by atomic mass is 32.2. The summed E-state index contributed by atoms with van der Waals surface area (Å²) in [6.07, 6.45) is 0.979. The Hall–Kier alpha value is -0.960. The van der Waals surface area contributed by atoms with Crippen molar-refractivity contribution >= 4 is 17.7 Å². The molecule has 0 aliphatic carbocycles. The Morgan fingerprint density at radius 3 is 2.81 bits per heavy atom. The molecule has 86 valence electrons. The van der Waals surface area contributed by atoms with Crippen molar-refractivity contribution in [2.75, 3.05) is 0 Å². The van der Waals surface area contributed by atoms with Crippen LogP contribution in [-0.2, 0) is 16.6 Å². The van der Waals surface area contributed by atoms with E-state index >= 15 is 0 Å². The van der Waals surface area contributed by atoms with Gasteiger partial charge in [-0.25, -0.2) is 0 Å². The Kier molecular flexibility index (Phi) is 2.74. The molecule has 16 heavy (non-hydrogen) atoms. The van der Waals surface area contributed by atoms with Crippen LogP contribution in [0.5, 0.6) is 0 Å². The van der Waals surface area contributed by atoms with Gasteiger partial charge < -0.3 is 5.11 Å². The Balaban J connectivity index is 2.52. The summed E-state index contributed by atoms with van der Waals surface area (Å²) in [7, 11) is 0. The molecule has 1 N–H and O–H groups in total. The van der Waals surface area contributed by atoms with E-state index in [-0.39, 0.29) is 0 Å². The van der Waals surface area contributed by atoms with Gasteiger partial charge in [0.2, 0.25) is 0 Å². The van der Waals surface area contributed by atoms with Crippen molar-refractivity contribution in [1.29, 1.82) is 0 Å². The number of carboxylic acids is 1. The van der Waals surface area contributed by atoms with Crippen LogP contribution in [0.15, 0.2) is 23.1 Å². The number of carboxylic acid groups (broad SMARTS) is 1. The van der Waals surface area contributed by atoms with Gasteiger partial charge in [-0.1, -0.05) is 19.1 Å². The number of carbonyl (C=O) groups is 1. The molecule has 1 aliphatic rings. The Bertz CT molecular complexity index is 438. The maximum absolute atomic E-state index is 11.3. The predicted octanol–water partition coefficient (Wildman–Crippen LogP) is 3.09. The van der Waals surface area contributed by atoms with Gasteiger partial charge in [0.05, 0.1) is 5.41 Å². The summed E-state index contributed by atoms with van der Waals surface area (Å²) in [5.41, 5.74) is 1.40. The first-order valence-electron chi connectivity index (χ1n) is 5.45. The molecule has 1 heterocycles. The fourth-order valence-corrected chi connectivity index (χ4v) is 3.31. The lowest BCUT2D eigenvalue weighted by Gasteiger charge is -2.22. The third-order valence-electron chi connectivity index (χ3n) is 3.16. The van der Waals surface area contributed by atoms with E-state index in [0.717, 1.165) is 12.0 Å². The maximum atomic E-state index is 11.3. The third kappa shape index (κ3) is 1.73. The number of aliphatic carboxylic acids is 1. The van der Waals surface area contributed by atoms with E-state index in [9.17, 15) is 9.90 Å². The normalized spacial score (nSPS) is 19.6. The standard InChI is InChI=1S/C13H16O2S/c1-8-7-9-10(13(2,3)12(14)15)5-4-6-11(9)16-8/h4-6,8H,7H2,1-3H3,(H,14,15). The second-order valence-corrected chi connectivity index (χ2v) is 6.33. The van der Waals surface area contributed by atoms with Crippen LogP contribution in [0.4, 0.5) is 0 Å². The third-order valence-corrected chi connectivity index (χ3v) is 4.37. The molecular formula is C13H16O2S. The topological polar surface area (TPSA) is 37.3 Å². The molecule has 0 saturated heterocycles. The Labute approximate surface area is 100 Å². The molecule has 0 bridgehead atoms. The minimum absolute atomic E-state index is 0.556. The Morgan fingerprint density at radius 2 is 2.19 bits per heavy atom. The molecule has 1 aromatic rings. The first kappa shape index (κ1) is 11.5. The van der Waals surface area contributed by atoms with E-state index in [1.165, 1.54) is 10.5 Å². The molecule has 1 aliphatic heterocycles. The van der Waals surface area contributed by atoms with E-state index in [1.54, 1.807) is 13.8 Å². The van der Waals surface area contributed by atoms with Crippen LogP contribution in [0.3, 0.4) is 0 Å². The lowest BCUT2D eigenvalue weighted by Crippen LogP contribution is -2.29. The van der Waals surface area contributed by atoms with Crippen LogP contribution in [0, 0.1) is 0 Å². The van der Waals surface area contributed by atoms with Crippen LogP contribution in [-0.4, -0.2) is 16.3 Å². The van der Waals surface area contributed by atoms with E-state index in [0.29, 0.717) is 5.25 Å². The second-order valence-electron chi connectivity index (χ2n) is 4.85. The van der Waals surface area contributed by atoms with Crippen molar-refractivity contribution in [3.8, 4) is 0 Å². The quantitative estimate of drug-likeness (QED) is 0.857. The summed E-state index contributed by atoms with van der Waals surface area (Å²) < 4.78 is 0. The maximum Gasteiger partial charge on any atom is 0.313 e. The highest BCUT2D eigenvalue weighted by Crippen LogP contribution is 2.41. The second kappa shape index (κ2) is 3.81. The molecular weight excluding hydrogens is 220 g/mol. The number of thioether (sulfide) groups is 1. The van der Waals surface area contributed by atoms with Gasteiger partial charge in [-0.05, 0) is 37.5 Å². The molecule has 0 amide bonds. The average molecular weight is 236 g/mol. The summed E-state index contributed by atoms with van der Waals surface area (Å²) in [6, 6.07) is 6.00. The lowest BCUT2D eigenvalue weighted by molar-refractivity contribution is -0.142. The molecule has 0 saturated carbocycles. The average Bonchev–Trinajstić information content (AvgIpc) is 2.56. The van der Waals surface area contributed by atoms with Crippen LogP contribution in [0.25, 0.3) is 0 Å². The summed E-state index contributed by atoms with van der Waals surface area (Å²) in [6.45, 7) is 5.74. The molecule has 1 unspecified atom stereocenters. The van der Waals surface area contributed by atoms with Crippen molar-refractivity contribution in [3.63, 3.8) is 0 Å². The van der Waals surface area contributed by atoms with Crippen molar-refractivity contribution in [3.05, 3.63) is 29.3 Å². The van der Waals surface area contributed by atoms with Crippen molar-refractivity contribution < 1.29 is 9.90 Å². The van der Waals surface area contributed by atoms with Gasteiger partial charge in [0.1, 0.15) is 0 Å². The Morgan fingerprint density at radius 1 is 1.50 bits per heavy atom. The summed E-state index contributed by atoms with van der Waals surface area (Å²) in [5.74, 6) is -0.759. The van der Waals surface area contributed by atoms with Gasteiger partial charge in [0, 0.05) is 10.1 Å².